The molecule has 2 heterocycles. The van der Waals surface area contributed by atoms with Crippen molar-refractivity contribution in [1.29, 1.82) is 0 Å². The Morgan fingerprint density at radius 2 is 1.81 bits per heavy atom. The van der Waals surface area contributed by atoms with Gasteiger partial charge in [0.25, 0.3) is 11.8 Å². The fraction of sp³-hybridized carbons (Fsp3) is 0.174. The molecular weight excluding hydrogens is 422 g/mol. The van der Waals surface area contributed by atoms with Gasteiger partial charge in [0, 0.05) is 35.7 Å². The number of hydrogen-bond donors (Lipinski definition) is 1. The fourth-order valence-electron chi connectivity index (χ4n) is 3.58. The molecule has 0 spiro atoms. The molecule has 4 rings (SSSR count). The molecule has 0 saturated carbocycles. The first-order valence-electron chi connectivity index (χ1n) is 9.55. The van der Waals surface area contributed by atoms with E-state index in [4.69, 9.17) is 5.11 Å². The van der Waals surface area contributed by atoms with E-state index in [-0.39, 0.29) is 17.8 Å². The molecule has 1 aromatic heterocycles. The summed E-state index contributed by atoms with van der Waals surface area (Å²) in [7, 11) is 0. The van der Waals surface area contributed by atoms with E-state index in [0.29, 0.717) is 21.7 Å². The number of carbonyl (C=O) groups is 2. The number of nitrogens with zero attached hydrogens (tertiary/aromatic N) is 2. The number of benzene rings is 2. The molecule has 0 radical (unpaired) electrons. The van der Waals surface area contributed by atoms with E-state index in [0.717, 1.165) is 5.56 Å². The zero-order chi connectivity index (χ0) is 22.2. The molecule has 3 aromatic rings. The highest BCUT2D eigenvalue weighted by Gasteiger charge is 2.41. The van der Waals surface area contributed by atoms with E-state index < -0.39 is 29.8 Å². The molecule has 1 aliphatic heterocycles. The van der Waals surface area contributed by atoms with Crippen LogP contribution in [0.4, 0.5) is 14.5 Å². The summed E-state index contributed by atoms with van der Waals surface area (Å²) in [5, 5.41) is 9.79. The Kier molecular flexibility index (Phi) is 5.41. The van der Waals surface area contributed by atoms with Crippen molar-refractivity contribution in [2.75, 3.05) is 11.4 Å². The average Bonchev–Trinajstić information content (AvgIpc) is 3.10. The number of aryl methyl sites for hydroxylation is 1. The lowest BCUT2D eigenvalue weighted by Crippen LogP contribution is -2.33. The minimum absolute atomic E-state index is 0.0335. The predicted molar refractivity (Wildman–Crippen MR) is 116 cm³/mol. The average molecular weight is 440 g/mol. The van der Waals surface area contributed by atoms with Gasteiger partial charge in [-0.2, -0.15) is 0 Å². The van der Waals surface area contributed by atoms with E-state index >= 15 is 0 Å². The normalized spacial score (nSPS) is 16.6. The van der Waals surface area contributed by atoms with E-state index in [9.17, 15) is 18.4 Å². The number of fused-ring (bicyclic) bond motifs is 1. The lowest BCUT2D eigenvalue weighted by Gasteiger charge is -2.22. The Bertz CT molecular complexity index is 1190. The number of anilines is 1. The number of allylic oxidation sites excluding steroid dienone is 1. The van der Waals surface area contributed by atoms with Gasteiger partial charge in [0.2, 0.25) is 0 Å². The first kappa shape index (κ1) is 20.9. The molecule has 8 heteroatoms. The van der Waals surface area contributed by atoms with Gasteiger partial charge in [-0.15, -0.1) is 11.3 Å². The summed E-state index contributed by atoms with van der Waals surface area (Å²) < 4.78 is 29.7. The van der Waals surface area contributed by atoms with Crippen molar-refractivity contribution in [3.8, 4) is 10.6 Å². The van der Waals surface area contributed by atoms with E-state index in [1.54, 1.807) is 25.1 Å². The van der Waals surface area contributed by atoms with Crippen molar-refractivity contribution in [3.05, 3.63) is 76.8 Å². The van der Waals surface area contributed by atoms with Crippen LogP contribution in [-0.2, 0) is 4.79 Å². The van der Waals surface area contributed by atoms with Gasteiger partial charge in [-0.25, -0.2) is 18.6 Å². The van der Waals surface area contributed by atoms with Gasteiger partial charge in [0.15, 0.2) is 0 Å². The minimum atomic E-state index is -3.39. The first-order chi connectivity index (χ1) is 14.8. The summed E-state index contributed by atoms with van der Waals surface area (Å²) in [5.41, 5.74) is 1.07. The number of carboxylic acids is 1. The zero-order valence-electron chi connectivity index (χ0n) is 16.5. The molecular formula is C23H18F2N2O3S. The van der Waals surface area contributed by atoms with Crippen LogP contribution in [0.1, 0.15) is 27.3 Å². The van der Waals surface area contributed by atoms with Crippen molar-refractivity contribution in [2.24, 2.45) is 0 Å². The summed E-state index contributed by atoms with van der Waals surface area (Å²) in [5.74, 6) is -5.28. The standard InChI is InChI=1S/C23H18F2N2O3S/c1-14-20(31-21(26-14)15-7-3-2-4-8-15)22(30)27-12-11-23(24,25)17(13-19(28)29)16-9-5-6-10-18(16)27/h2-10,13H,11-12H2,1H3,(H,28,29). The quantitative estimate of drug-likeness (QED) is 0.563. The van der Waals surface area contributed by atoms with E-state index in [2.05, 4.69) is 4.98 Å². The van der Waals surface area contributed by atoms with Crippen LogP contribution in [0.5, 0.6) is 0 Å². The Balaban J connectivity index is 1.79. The third-order valence-corrected chi connectivity index (χ3v) is 6.25. The van der Waals surface area contributed by atoms with Gasteiger partial charge < -0.3 is 10.0 Å². The van der Waals surface area contributed by atoms with Gasteiger partial charge in [-0.1, -0.05) is 48.5 Å². The Morgan fingerprint density at radius 3 is 2.52 bits per heavy atom. The van der Waals surface area contributed by atoms with Gasteiger partial charge >= 0.3 is 5.97 Å². The third-order valence-electron chi connectivity index (χ3n) is 5.05. The summed E-state index contributed by atoms with van der Waals surface area (Å²) in [6, 6.07) is 15.5. The number of aromatic nitrogens is 1. The number of alkyl halides is 2. The van der Waals surface area contributed by atoms with E-state index in [1.807, 2.05) is 30.3 Å². The highest BCUT2D eigenvalue weighted by molar-refractivity contribution is 7.17. The number of hydrogen-bond acceptors (Lipinski definition) is 4. The number of thiazole rings is 1. The van der Waals surface area contributed by atoms with Gasteiger partial charge in [0.05, 0.1) is 11.4 Å². The summed E-state index contributed by atoms with van der Waals surface area (Å²) in [6.45, 7) is 1.46. The smallest absolute Gasteiger partial charge is 0.328 e. The largest absolute Gasteiger partial charge is 0.478 e. The molecule has 158 valence electrons. The molecule has 31 heavy (non-hydrogen) atoms. The fourth-order valence-corrected chi connectivity index (χ4v) is 4.60. The van der Waals surface area contributed by atoms with Crippen LogP contribution in [-0.4, -0.2) is 34.4 Å². The minimum Gasteiger partial charge on any atom is -0.478 e. The SMILES string of the molecule is Cc1nc(-c2ccccc2)sc1C(=O)N1CCC(F)(F)C(=CC(=O)O)c2ccccc21. The Labute approximate surface area is 181 Å². The van der Waals surface area contributed by atoms with Crippen LogP contribution >= 0.6 is 11.3 Å². The topological polar surface area (TPSA) is 70.5 Å². The second-order valence-corrected chi connectivity index (χ2v) is 8.12. The molecule has 0 atom stereocenters. The molecule has 0 bridgehead atoms. The number of carbonyl (C=O) groups excluding carboxylic acids is 1. The van der Waals surface area contributed by atoms with Crippen LogP contribution in [0.2, 0.25) is 0 Å². The lowest BCUT2D eigenvalue weighted by atomic mass is 9.97. The van der Waals surface area contributed by atoms with Crippen molar-refractivity contribution in [2.45, 2.75) is 19.3 Å². The molecule has 0 aliphatic carbocycles. The highest BCUT2D eigenvalue weighted by Crippen LogP contribution is 2.43. The van der Waals surface area contributed by atoms with Crippen molar-refractivity contribution >= 4 is 34.5 Å². The van der Waals surface area contributed by atoms with Crippen molar-refractivity contribution in [1.82, 2.24) is 4.98 Å². The van der Waals surface area contributed by atoms with Gasteiger partial charge in [-0.05, 0) is 13.0 Å². The molecule has 1 amide bonds. The molecule has 0 fully saturated rings. The van der Waals surface area contributed by atoms with Crippen LogP contribution < -0.4 is 4.90 Å². The number of rotatable bonds is 3. The monoisotopic (exact) mass is 440 g/mol. The number of aliphatic carboxylic acids is 1. The Hall–Kier alpha value is -3.39. The summed E-state index contributed by atoms with van der Waals surface area (Å²) >= 11 is 1.21. The highest BCUT2D eigenvalue weighted by atomic mass is 32.1. The molecule has 1 aliphatic rings. The molecule has 2 aromatic carbocycles. The summed E-state index contributed by atoms with van der Waals surface area (Å²) in [4.78, 5) is 30.8. The van der Waals surface area contributed by atoms with Crippen LogP contribution in [0.15, 0.2) is 60.7 Å². The molecule has 0 saturated heterocycles. The predicted octanol–water partition coefficient (Wildman–Crippen LogP) is 5.27. The van der Waals surface area contributed by atoms with E-state index in [1.165, 1.54) is 22.3 Å². The second-order valence-electron chi connectivity index (χ2n) is 7.12. The van der Waals surface area contributed by atoms with Crippen LogP contribution in [0, 0.1) is 6.92 Å². The third kappa shape index (κ3) is 3.98. The van der Waals surface area contributed by atoms with Crippen molar-refractivity contribution < 1.29 is 23.5 Å². The molecule has 0 unspecified atom stereocenters. The van der Waals surface area contributed by atoms with Crippen LogP contribution in [0.3, 0.4) is 0 Å². The second kappa shape index (κ2) is 8.03. The zero-order valence-corrected chi connectivity index (χ0v) is 17.3. The molecule has 5 nitrogen and oxygen atoms in total. The summed E-state index contributed by atoms with van der Waals surface area (Å²) in [6.07, 6.45) is -0.159. The van der Waals surface area contributed by atoms with Gasteiger partial charge in [-0.3, -0.25) is 4.79 Å². The Morgan fingerprint density at radius 1 is 1.13 bits per heavy atom. The maximum atomic E-state index is 14.8. The lowest BCUT2D eigenvalue weighted by molar-refractivity contribution is -0.131. The van der Waals surface area contributed by atoms with Gasteiger partial charge in [0.1, 0.15) is 9.88 Å². The molecule has 1 N–H and O–H groups in total. The maximum Gasteiger partial charge on any atom is 0.328 e. The van der Waals surface area contributed by atoms with Crippen molar-refractivity contribution in [3.63, 3.8) is 0 Å². The van der Waals surface area contributed by atoms with Crippen LogP contribution in [0.25, 0.3) is 16.1 Å². The number of amides is 1. The number of carboxylic acid groups (broad SMARTS) is 1. The first-order valence-corrected chi connectivity index (χ1v) is 10.4. The number of para-hydroxylation sites is 1. The number of halogens is 2. The maximum absolute atomic E-state index is 14.8.